The van der Waals surface area contributed by atoms with Crippen LogP contribution in [0.5, 0.6) is 17.4 Å². The number of anilines is 1. The highest BCUT2D eigenvalue weighted by Crippen LogP contribution is 2.38. The van der Waals surface area contributed by atoms with Crippen molar-refractivity contribution in [2.24, 2.45) is 5.92 Å². The van der Waals surface area contributed by atoms with Crippen LogP contribution in [-0.2, 0) is 0 Å². The summed E-state index contributed by atoms with van der Waals surface area (Å²) in [6.45, 7) is 2.44. The zero-order chi connectivity index (χ0) is 23.5. The van der Waals surface area contributed by atoms with Crippen LogP contribution in [0.2, 0.25) is 0 Å². The number of fused-ring (bicyclic) bond motifs is 1. The number of methoxy groups -OCH3 is 2. The van der Waals surface area contributed by atoms with Crippen molar-refractivity contribution in [1.29, 1.82) is 0 Å². The smallest absolute Gasteiger partial charge is 0.213 e. The number of aromatic nitrogens is 5. The summed E-state index contributed by atoms with van der Waals surface area (Å²) in [6.07, 6.45) is 4.33. The van der Waals surface area contributed by atoms with Crippen LogP contribution >= 0.6 is 11.9 Å². The molecule has 0 saturated heterocycles. The summed E-state index contributed by atoms with van der Waals surface area (Å²) in [6, 6.07) is 11.2. The van der Waals surface area contributed by atoms with E-state index in [1.165, 1.54) is 12.8 Å². The minimum atomic E-state index is 0.489. The minimum absolute atomic E-state index is 0.489. The van der Waals surface area contributed by atoms with Crippen molar-refractivity contribution in [3.8, 4) is 34.6 Å². The van der Waals surface area contributed by atoms with Gasteiger partial charge in [-0.1, -0.05) is 24.1 Å². The van der Waals surface area contributed by atoms with Gasteiger partial charge < -0.3 is 18.9 Å². The number of hydrogen-bond acceptors (Lipinski definition) is 9. The maximum atomic E-state index is 5.68. The van der Waals surface area contributed by atoms with Gasteiger partial charge >= 0.3 is 0 Å². The Labute approximate surface area is 202 Å². The lowest BCUT2D eigenvalue weighted by atomic mass is 10.2. The van der Waals surface area contributed by atoms with Crippen LogP contribution < -0.4 is 18.9 Å². The predicted molar refractivity (Wildman–Crippen MR) is 133 cm³/mol. The number of nitrogens with zero attached hydrogens (tertiary/aromatic N) is 5. The number of hydrogen-bond donors (Lipinski definition) is 1. The summed E-state index contributed by atoms with van der Waals surface area (Å²) < 4.78 is 22.2. The molecule has 3 heterocycles. The van der Waals surface area contributed by atoms with Crippen LogP contribution in [0.15, 0.2) is 42.6 Å². The van der Waals surface area contributed by atoms with E-state index in [-0.39, 0.29) is 0 Å². The third kappa shape index (κ3) is 4.45. The molecule has 1 N–H and O–H groups in total. The second kappa shape index (κ2) is 9.76. The summed E-state index contributed by atoms with van der Waals surface area (Å²) in [5.74, 6) is 4.84. The molecule has 176 valence electrons. The Bertz CT molecular complexity index is 1290. The van der Waals surface area contributed by atoms with Crippen LogP contribution in [0, 0.1) is 5.92 Å². The van der Waals surface area contributed by atoms with Crippen molar-refractivity contribution < 1.29 is 14.2 Å². The summed E-state index contributed by atoms with van der Waals surface area (Å²) >= 11 is 1.65. The van der Waals surface area contributed by atoms with Gasteiger partial charge in [0.2, 0.25) is 5.88 Å². The summed E-state index contributed by atoms with van der Waals surface area (Å²) in [5.41, 5.74) is 2.35. The van der Waals surface area contributed by atoms with Crippen molar-refractivity contribution >= 4 is 29.1 Å². The normalized spacial score (nSPS) is 13.1. The van der Waals surface area contributed by atoms with Crippen LogP contribution in [0.4, 0.5) is 5.82 Å². The van der Waals surface area contributed by atoms with Crippen LogP contribution in [0.3, 0.4) is 0 Å². The van der Waals surface area contributed by atoms with E-state index in [0.717, 1.165) is 11.7 Å². The molecule has 1 saturated carbocycles. The van der Waals surface area contributed by atoms with Gasteiger partial charge in [0.1, 0.15) is 22.9 Å². The van der Waals surface area contributed by atoms with Crippen molar-refractivity contribution in [3.05, 3.63) is 42.6 Å². The number of pyridine rings is 1. The minimum Gasteiger partial charge on any atom is -0.494 e. The largest absolute Gasteiger partial charge is 0.494 e. The molecule has 1 fully saturated rings. The molecule has 9 nitrogen and oxygen atoms in total. The number of para-hydroxylation sites is 1. The molecule has 1 aromatic carbocycles. The van der Waals surface area contributed by atoms with Gasteiger partial charge in [-0.3, -0.25) is 4.57 Å². The van der Waals surface area contributed by atoms with Gasteiger partial charge in [0.25, 0.3) is 0 Å². The molecule has 10 heteroatoms. The van der Waals surface area contributed by atoms with E-state index in [1.807, 2.05) is 47.9 Å². The van der Waals surface area contributed by atoms with E-state index in [2.05, 4.69) is 9.71 Å². The van der Waals surface area contributed by atoms with Gasteiger partial charge in [0, 0.05) is 11.8 Å². The quantitative estimate of drug-likeness (QED) is 0.324. The fraction of sp³-hybridized carbons (Fsp3) is 0.333. The zero-order valence-electron chi connectivity index (χ0n) is 19.3. The Kier molecular flexibility index (Phi) is 6.39. The van der Waals surface area contributed by atoms with E-state index in [9.17, 15) is 0 Å². The molecule has 0 radical (unpaired) electrons. The molecule has 0 amide bonds. The maximum Gasteiger partial charge on any atom is 0.213 e. The molecular formula is C24H26N6O3S. The standard InChI is InChI=1S/C24H26N6O3S/c1-4-33-20-10-5-7-16(26-20)23-28-22-24(25-13-19(27-22)29-34-14-15-11-12-15)30(23)21-17(31-2)8-6-9-18(21)32-3/h5-10,13,15H,4,11-12,14H2,1-3H3,(H,27,29). The van der Waals surface area contributed by atoms with Crippen molar-refractivity contribution in [1.82, 2.24) is 24.5 Å². The Balaban J connectivity index is 1.67. The van der Waals surface area contributed by atoms with Crippen molar-refractivity contribution in [2.75, 3.05) is 31.3 Å². The van der Waals surface area contributed by atoms with Gasteiger partial charge in [0.15, 0.2) is 22.9 Å². The molecule has 0 aliphatic heterocycles. The average Bonchev–Trinajstić information content (AvgIpc) is 3.62. The monoisotopic (exact) mass is 478 g/mol. The Morgan fingerprint density at radius 3 is 2.50 bits per heavy atom. The molecule has 1 aliphatic carbocycles. The predicted octanol–water partition coefficient (Wildman–Crippen LogP) is 4.76. The molecular weight excluding hydrogens is 452 g/mol. The average molecular weight is 479 g/mol. The molecule has 34 heavy (non-hydrogen) atoms. The van der Waals surface area contributed by atoms with Crippen LogP contribution in [0.1, 0.15) is 19.8 Å². The number of rotatable bonds is 10. The molecule has 0 unspecified atom stereocenters. The van der Waals surface area contributed by atoms with E-state index in [1.54, 1.807) is 32.4 Å². The fourth-order valence-electron chi connectivity index (χ4n) is 3.63. The van der Waals surface area contributed by atoms with Crippen molar-refractivity contribution in [2.45, 2.75) is 19.8 Å². The molecule has 1 aliphatic rings. The summed E-state index contributed by atoms with van der Waals surface area (Å²) in [7, 11) is 3.24. The highest BCUT2D eigenvalue weighted by Gasteiger charge is 2.24. The number of ether oxygens (including phenoxy) is 3. The van der Waals surface area contributed by atoms with E-state index in [4.69, 9.17) is 29.2 Å². The molecule has 5 rings (SSSR count). The highest BCUT2D eigenvalue weighted by atomic mass is 32.2. The summed E-state index contributed by atoms with van der Waals surface area (Å²) in [5, 5.41) is 0. The lowest BCUT2D eigenvalue weighted by Gasteiger charge is -2.16. The van der Waals surface area contributed by atoms with E-state index in [0.29, 0.717) is 58.3 Å². The van der Waals surface area contributed by atoms with Crippen LogP contribution in [0.25, 0.3) is 28.5 Å². The van der Waals surface area contributed by atoms with E-state index < -0.39 is 0 Å². The fourth-order valence-corrected chi connectivity index (χ4v) is 4.53. The van der Waals surface area contributed by atoms with Gasteiger partial charge in [-0.15, -0.1) is 0 Å². The third-order valence-corrected chi connectivity index (χ3v) is 6.43. The maximum absolute atomic E-state index is 5.68. The molecule has 0 bridgehead atoms. The van der Waals surface area contributed by atoms with Gasteiger partial charge in [-0.2, -0.15) is 0 Å². The first-order chi connectivity index (χ1) is 16.7. The highest BCUT2D eigenvalue weighted by molar-refractivity contribution is 8.00. The SMILES string of the molecule is CCOc1cccc(-c2nc3nc(NSCC4CC4)cnc3n2-c2c(OC)cccc2OC)n1. The lowest BCUT2D eigenvalue weighted by molar-refractivity contribution is 0.327. The Morgan fingerprint density at radius 2 is 1.79 bits per heavy atom. The lowest BCUT2D eigenvalue weighted by Crippen LogP contribution is -2.05. The van der Waals surface area contributed by atoms with Crippen LogP contribution in [-0.4, -0.2) is 51.1 Å². The first-order valence-corrected chi connectivity index (χ1v) is 12.1. The second-order valence-electron chi connectivity index (χ2n) is 7.83. The number of benzene rings is 1. The van der Waals surface area contributed by atoms with Gasteiger partial charge in [-0.05, 0) is 43.9 Å². The van der Waals surface area contributed by atoms with Crippen molar-refractivity contribution in [3.63, 3.8) is 0 Å². The Hall–Kier alpha value is -3.53. The molecule has 3 aromatic heterocycles. The second-order valence-corrected chi connectivity index (χ2v) is 8.66. The summed E-state index contributed by atoms with van der Waals surface area (Å²) in [4.78, 5) is 18.9. The Morgan fingerprint density at radius 1 is 1.03 bits per heavy atom. The first kappa shape index (κ1) is 22.3. The number of nitrogens with one attached hydrogen (secondary N) is 1. The van der Waals surface area contributed by atoms with E-state index >= 15 is 0 Å². The molecule has 0 atom stereocenters. The zero-order valence-corrected chi connectivity index (χ0v) is 20.1. The third-order valence-electron chi connectivity index (χ3n) is 5.43. The topological polar surface area (TPSA) is 96.2 Å². The van der Waals surface area contributed by atoms with Gasteiger partial charge in [-0.25, -0.2) is 19.9 Å². The molecule has 0 spiro atoms. The first-order valence-electron chi connectivity index (χ1n) is 11.2. The number of imidazole rings is 1. The molecule has 4 aromatic rings. The van der Waals surface area contributed by atoms with Gasteiger partial charge in [0.05, 0.1) is 27.0 Å².